The second-order valence-electron chi connectivity index (χ2n) is 3.24. The number of halogens is 2. The van der Waals surface area contributed by atoms with Crippen LogP contribution in [0.4, 0.5) is 0 Å². The van der Waals surface area contributed by atoms with Crippen molar-refractivity contribution in [2.75, 3.05) is 5.88 Å². The van der Waals surface area contributed by atoms with Gasteiger partial charge in [-0.05, 0) is 41.8 Å². The molecule has 1 aromatic heterocycles. The lowest BCUT2D eigenvalue weighted by Gasteiger charge is -2.06. The zero-order valence-electron chi connectivity index (χ0n) is 8.09. The number of aryl methyl sites for hydroxylation is 2. The molecule has 1 heterocycles. The molecular weight excluding hydrogens is 265 g/mol. The predicted molar refractivity (Wildman–Crippen MR) is 63.1 cm³/mol. The molecule has 0 aliphatic heterocycles. The third kappa shape index (κ3) is 3.14. The van der Waals surface area contributed by atoms with Crippen LogP contribution >= 0.6 is 27.5 Å². The maximum absolute atomic E-state index is 11.6. The highest BCUT2D eigenvalue weighted by Crippen LogP contribution is 2.08. The van der Waals surface area contributed by atoms with E-state index < -0.39 is 0 Å². The van der Waals surface area contributed by atoms with Crippen LogP contribution in [0.25, 0.3) is 0 Å². The first-order valence-electron chi connectivity index (χ1n) is 4.57. The van der Waals surface area contributed by atoms with Crippen LogP contribution in [0.15, 0.2) is 21.5 Å². The fourth-order valence-electron chi connectivity index (χ4n) is 1.28. The Labute approximate surface area is 97.0 Å². The predicted octanol–water partition coefficient (Wildman–Crippen LogP) is 2.94. The Hall–Kier alpha value is -0.280. The van der Waals surface area contributed by atoms with Gasteiger partial charge in [0, 0.05) is 28.7 Å². The fourth-order valence-corrected chi connectivity index (χ4v) is 2.06. The van der Waals surface area contributed by atoms with Crippen LogP contribution in [-0.4, -0.2) is 10.4 Å². The van der Waals surface area contributed by atoms with E-state index in [1.165, 1.54) is 0 Å². The standard InChI is InChI=1S/C10H13BrClNO/c1-8-6-9(11)7-13(10(8)14)5-3-2-4-12/h6-7H,2-5H2,1H3. The van der Waals surface area contributed by atoms with Gasteiger partial charge in [-0.2, -0.15) is 0 Å². The van der Waals surface area contributed by atoms with Crippen molar-refractivity contribution in [3.8, 4) is 0 Å². The SMILES string of the molecule is Cc1cc(Br)cn(CCCCCl)c1=O. The Kier molecular flexibility index (Phi) is 4.69. The molecule has 1 aromatic rings. The maximum Gasteiger partial charge on any atom is 0.253 e. The van der Waals surface area contributed by atoms with Crippen molar-refractivity contribution in [3.05, 3.63) is 32.7 Å². The van der Waals surface area contributed by atoms with E-state index in [-0.39, 0.29) is 5.56 Å². The van der Waals surface area contributed by atoms with E-state index >= 15 is 0 Å². The molecule has 0 fully saturated rings. The minimum atomic E-state index is 0.0859. The van der Waals surface area contributed by atoms with Gasteiger partial charge in [-0.15, -0.1) is 11.6 Å². The summed E-state index contributed by atoms with van der Waals surface area (Å²) < 4.78 is 2.67. The average molecular weight is 279 g/mol. The summed E-state index contributed by atoms with van der Waals surface area (Å²) in [5, 5.41) is 0. The number of hydrogen-bond donors (Lipinski definition) is 0. The lowest BCUT2D eigenvalue weighted by molar-refractivity contribution is 0.610. The number of hydrogen-bond acceptors (Lipinski definition) is 1. The Morgan fingerprint density at radius 1 is 1.50 bits per heavy atom. The molecule has 1 rings (SSSR count). The zero-order chi connectivity index (χ0) is 10.6. The van der Waals surface area contributed by atoms with Crippen LogP contribution in [-0.2, 0) is 6.54 Å². The van der Waals surface area contributed by atoms with Gasteiger partial charge in [0.25, 0.3) is 5.56 Å². The molecule has 0 amide bonds. The Bertz CT molecular complexity index is 362. The third-order valence-electron chi connectivity index (χ3n) is 2.01. The molecule has 0 aliphatic carbocycles. The summed E-state index contributed by atoms with van der Waals surface area (Å²) in [6.45, 7) is 2.57. The minimum Gasteiger partial charge on any atom is -0.314 e. The monoisotopic (exact) mass is 277 g/mol. The minimum absolute atomic E-state index is 0.0859. The van der Waals surface area contributed by atoms with E-state index in [1.807, 2.05) is 19.2 Å². The fraction of sp³-hybridized carbons (Fsp3) is 0.500. The highest BCUT2D eigenvalue weighted by Gasteiger charge is 2.00. The van der Waals surface area contributed by atoms with E-state index in [0.717, 1.165) is 29.4 Å². The maximum atomic E-state index is 11.6. The first kappa shape index (κ1) is 11.8. The lowest BCUT2D eigenvalue weighted by Crippen LogP contribution is -2.21. The van der Waals surface area contributed by atoms with Crippen molar-refractivity contribution in [2.45, 2.75) is 26.3 Å². The molecule has 4 heteroatoms. The Balaban J connectivity index is 2.81. The summed E-state index contributed by atoms with van der Waals surface area (Å²) in [6.07, 6.45) is 3.71. The van der Waals surface area contributed by atoms with E-state index in [4.69, 9.17) is 11.6 Å². The zero-order valence-corrected chi connectivity index (χ0v) is 10.4. The molecule has 14 heavy (non-hydrogen) atoms. The number of unbranched alkanes of at least 4 members (excludes halogenated alkanes) is 1. The van der Waals surface area contributed by atoms with E-state index in [2.05, 4.69) is 15.9 Å². The molecule has 0 saturated carbocycles. The molecule has 0 bridgehead atoms. The first-order chi connectivity index (χ1) is 6.65. The number of rotatable bonds is 4. The molecular formula is C10H13BrClNO. The van der Waals surface area contributed by atoms with Gasteiger partial charge >= 0.3 is 0 Å². The normalized spacial score (nSPS) is 10.5. The summed E-state index contributed by atoms with van der Waals surface area (Å²) >= 11 is 8.94. The summed E-state index contributed by atoms with van der Waals surface area (Å²) in [4.78, 5) is 11.6. The molecule has 0 aromatic carbocycles. The molecule has 0 atom stereocenters. The highest BCUT2D eigenvalue weighted by molar-refractivity contribution is 9.10. The molecule has 0 aliphatic rings. The van der Waals surface area contributed by atoms with Gasteiger partial charge in [0.15, 0.2) is 0 Å². The highest BCUT2D eigenvalue weighted by atomic mass is 79.9. The molecule has 0 saturated heterocycles. The molecule has 0 unspecified atom stereocenters. The van der Waals surface area contributed by atoms with E-state index in [0.29, 0.717) is 5.88 Å². The Morgan fingerprint density at radius 3 is 2.86 bits per heavy atom. The van der Waals surface area contributed by atoms with E-state index in [1.54, 1.807) is 4.57 Å². The van der Waals surface area contributed by atoms with Gasteiger partial charge < -0.3 is 4.57 Å². The van der Waals surface area contributed by atoms with Crippen molar-refractivity contribution < 1.29 is 0 Å². The van der Waals surface area contributed by atoms with Crippen molar-refractivity contribution >= 4 is 27.5 Å². The third-order valence-corrected chi connectivity index (χ3v) is 2.72. The first-order valence-corrected chi connectivity index (χ1v) is 5.90. The van der Waals surface area contributed by atoms with Crippen LogP contribution in [0.3, 0.4) is 0 Å². The van der Waals surface area contributed by atoms with Crippen LogP contribution < -0.4 is 5.56 Å². The second-order valence-corrected chi connectivity index (χ2v) is 4.53. The summed E-state index contributed by atoms with van der Waals surface area (Å²) in [5.41, 5.74) is 0.855. The van der Waals surface area contributed by atoms with Crippen molar-refractivity contribution in [3.63, 3.8) is 0 Å². The quantitative estimate of drug-likeness (QED) is 0.613. The summed E-state index contributed by atoms with van der Waals surface area (Å²) in [5.74, 6) is 0.654. The smallest absolute Gasteiger partial charge is 0.253 e. The number of aromatic nitrogens is 1. The van der Waals surface area contributed by atoms with Gasteiger partial charge in [-0.3, -0.25) is 4.79 Å². The van der Waals surface area contributed by atoms with Crippen LogP contribution in [0.1, 0.15) is 18.4 Å². The van der Waals surface area contributed by atoms with Crippen molar-refractivity contribution in [1.29, 1.82) is 0 Å². The largest absolute Gasteiger partial charge is 0.314 e. The van der Waals surface area contributed by atoms with Gasteiger partial charge in [0.05, 0.1) is 0 Å². The van der Waals surface area contributed by atoms with Gasteiger partial charge in [-0.25, -0.2) is 0 Å². The molecule has 0 radical (unpaired) electrons. The Morgan fingerprint density at radius 2 is 2.21 bits per heavy atom. The number of nitrogens with zero attached hydrogens (tertiary/aromatic N) is 1. The number of pyridine rings is 1. The average Bonchev–Trinajstić information content (AvgIpc) is 2.13. The van der Waals surface area contributed by atoms with Gasteiger partial charge in [-0.1, -0.05) is 0 Å². The van der Waals surface area contributed by atoms with Crippen molar-refractivity contribution in [1.82, 2.24) is 4.57 Å². The molecule has 2 nitrogen and oxygen atoms in total. The summed E-state index contributed by atoms with van der Waals surface area (Å²) in [6, 6.07) is 1.83. The van der Waals surface area contributed by atoms with Crippen LogP contribution in [0.5, 0.6) is 0 Å². The van der Waals surface area contributed by atoms with Gasteiger partial charge in [0.2, 0.25) is 0 Å². The summed E-state index contributed by atoms with van der Waals surface area (Å²) in [7, 11) is 0. The number of alkyl halides is 1. The van der Waals surface area contributed by atoms with Crippen LogP contribution in [0, 0.1) is 6.92 Å². The van der Waals surface area contributed by atoms with Crippen molar-refractivity contribution in [2.24, 2.45) is 0 Å². The molecule has 78 valence electrons. The van der Waals surface area contributed by atoms with Gasteiger partial charge in [0.1, 0.15) is 0 Å². The molecule has 0 spiro atoms. The van der Waals surface area contributed by atoms with E-state index in [9.17, 15) is 4.79 Å². The lowest BCUT2D eigenvalue weighted by atomic mass is 10.3. The topological polar surface area (TPSA) is 22.0 Å². The second kappa shape index (κ2) is 5.56. The van der Waals surface area contributed by atoms with Crippen LogP contribution in [0.2, 0.25) is 0 Å². The molecule has 0 N–H and O–H groups in total.